The number of hydrogen-bond donors (Lipinski definition) is 1. The molecule has 0 aromatic carbocycles. The van der Waals surface area contributed by atoms with E-state index in [0.717, 1.165) is 0 Å². The monoisotopic (exact) mass is 280 g/mol. The molecule has 0 saturated heterocycles. The van der Waals surface area contributed by atoms with E-state index in [-0.39, 0.29) is 5.75 Å². The number of nitrogens with zero attached hydrogens (tertiary/aromatic N) is 2. The minimum Gasteiger partial charge on any atom is -0.388 e. The van der Waals surface area contributed by atoms with Crippen LogP contribution in [0.25, 0.3) is 0 Å². The van der Waals surface area contributed by atoms with Crippen LogP contribution in [0.4, 0.5) is 0 Å². The highest BCUT2D eigenvalue weighted by molar-refractivity contribution is 7.90. The maximum atomic E-state index is 11.0. The average Bonchev–Trinajstić information content (AvgIpc) is 2.38. The smallest absolute Gasteiger partial charge is 0.147 e. The second-order valence-electron chi connectivity index (χ2n) is 4.20. The van der Waals surface area contributed by atoms with Gasteiger partial charge in [0.15, 0.2) is 0 Å². The van der Waals surface area contributed by atoms with E-state index >= 15 is 0 Å². The number of aryl methyl sites for hydroxylation is 2. The van der Waals surface area contributed by atoms with Crippen LogP contribution in [-0.2, 0) is 16.9 Å². The summed E-state index contributed by atoms with van der Waals surface area (Å²) < 4.78 is 23.4. The number of aliphatic hydroxyl groups excluding tert-OH is 1. The predicted molar refractivity (Wildman–Crippen MR) is 66.9 cm³/mol. The molecule has 1 aromatic heterocycles. The maximum Gasteiger partial charge on any atom is 0.147 e. The maximum absolute atomic E-state index is 11.0. The molecular formula is C10H17ClN2O3S. The molecular weight excluding hydrogens is 264 g/mol. The highest BCUT2D eigenvalue weighted by Crippen LogP contribution is 2.28. The van der Waals surface area contributed by atoms with Gasteiger partial charge in [0.05, 0.1) is 11.8 Å². The van der Waals surface area contributed by atoms with E-state index in [1.54, 1.807) is 14.0 Å². The Morgan fingerprint density at radius 2 is 2.12 bits per heavy atom. The Bertz CT molecular complexity index is 496. The standard InChI is InChI=1S/C10H17ClN2O3S/c1-7-9(10(11)13(2)12-7)8(14)5-4-6-17(3,15)16/h8,14H,4-6H2,1-3H3. The van der Waals surface area contributed by atoms with Crippen molar-refractivity contribution in [2.75, 3.05) is 12.0 Å². The molecule has 1 N–H and O–H groups in total. The first-order valence-electron chi connectivity index (χ1n) is 5.27. The van der Waals surface area contributed by atoms with Gasteiger partial charge in [-0.3, -0.25) is 4.68 Å². The zero-order chi connectivity index (χ0) is 13.2. The molecule has 0 bridgehead atoms. The third-order valence-corrected chi connectivity index (χ3v) is 4.00. The summed E-state index contributed by atoms with van der Waals surface area (Å²) in [5.74, 6) is 0.0704. The van der Waals surface area contributed by atoms with Gasteiger partial charge in [-0.2, -0.15) is 5.10 Å². The first kappa shape index (κ1) is 14.5. The van der Waals surface area contributed by atoms with Crippen LogP contribution in [0.2, 0.25) is 5.15 Å². The van der Waals surface area contributed by atoms with E-state index in [4.69, 9.17) is 11.6 Å². The van der Waals surface area contributed by atoms with Crippen molar-refractivity contribution in [3.05, 3.63) is 16.4 Å². The number of aromatic nitrogens is 2. The second-order valence-corrected chi connectivity index (χ2v) is 6.82. The minimum absolute atomic E-state index is 0.0704. The molecule has 5 nitrogen and oxygen atoms in total. The van der Waals surface area contributed by atoms with Gasteiger partial charge in [-0.15, -0.1) is 0 Å². The fourth-order valence-electron chi connectivity index (χ4n) is 1.71. The third-order valence-electron chi connectivity index (χ3n) is 2.52. The molecule has 0 spiro atoms. The molecule has 0 aliphatic rings. The van der Waals surface area contributed by atoms with Gasteiger partial charge in [-0.25, -0.2) is 8.42 Å². The Morgan fingerprint density at radius 3 is 2.53 bits per heavy atom. The summed E-state index contributed by atoms with van der Waals surface area (Å²) in [5.41, 5.74) is 1.26. The summed E-state index contributed by atoms with van der Waals surface area (Å²) in [5, 5.41) is 14.5. The summed E-state index contributed by atoms with van der Waals surface area (Å²) in [6.07, 6.45) is 1.18. The molecule has 1 atom stereocenters. The molecule has 0 aliphatic heterocycles. The zero-order valence-corrected chi connectivity index (χ0v) is 11.7. The van der Waals surface area contributed by atoms with Crippen LogP contribution in [0.1, 0.15) is 30.2 Å². The SMILES string of the molecule is Cc1nn(C)c(Cl)c1C(O)CCCS(C)(=O)=O. The number of rotatable bonds is 5. The topological polar surface area (TPSA) is 72.2 Å². The largest absolute Gasteiger partial charge is 0.388 e. The minimum atomic E-state index is -2.98. The Labute approximate surface area is 106 Å². The van der Waals surface area contributed by atoms with Crippen molar-refractivity contribution in [2.45, 2.75) is 25.9 Å². The van der Waals surface area contributed by atoms with E-state index in [2.05, 4.69) is 5.10 Å². The molecule has 0 fully saturated rings. The second kappa shape index (κ2) is 5.37. The lowest BCUT2D eigenvalue weighted by Crippen LogP contribution is -2.06. The van der Waals surface area contributed by atoms with Crippen LogP contribution >= 0.6 is 11.6 Å². The van der Waals surface area contributed by atoms with Crippen molar-refractivity contribution in [2.24, 2.45) is 7.05 Å². The van der Waals surface area contributed by atoms with Crippen LogP contribution in [0.3, 0.4) is 0 Å². The van der Waals surface area contributed by atoms with Gasteiger partial charge in [0, 0.05) is 24.6 Å². The van der Waals surface area contributed by atoms with E-state index in [1.807, 2.05) is 0 Å². The molecule has 1 aromatic rings. The number of hydrogen-bond acceptors (Lipinski definition) is 4. The normalized spacial score (nSPS) is 13.9. The van der Waals surface area contributed by atoms with E-state index < -0.39 is 15.9 Å². The van der Waals surface area contributed by atoms with Crippen LogP contribution < -0.4 is 0 Å². The summed E-state index contributed by atoms with van der Waals surface area (Å²) >= 11 is 6.00. The zero-order valence-electron chi connectivity index (χ0n) is 10.1. The summed E-state index contributed by atoms with van der Waals surface area (Å²) in [6, 6.07) is 0. The van der Waals surface area contributed by atoms with Gasteiger partial charge in [0.25, 0.3) is 0 Å². The molecule has 17 heavy (non-hydrogen) atoms. The molecule has 1 unspecified atom stereocenters. The molecule has 0 amide bonds. The Balaban J connectivity index is 2.67. The van der Waals surface area contributed by atoms with Crippen molar-refractivity contribution in [1.82, 2.24) is 9.78 Å². The molecule has 0 saturated carbocycles. The van der Waals surface area contributed by atoms with Crippen LogP contribution in [0, 0.1) is 6.92 Å². The Hall–Kier alpha value is -0.590. The lowest BCUT2D eigenvalue weighted by atomic mass is 10.1. The van der Waals surface area contributed by atoms with Crippen molar-refractivity contribution in [3.63, 3.8) is 0 Å². The van der Waals surface area contributed by atoms with Crippen LogP contribution in [0.5, 0.6) is 0 Å². The van der Waals surface area contributed by atoms with Gasteiger partial charge >= 0.3 is 0 Å². The van der Waals surface area contributed by atoms with Crippen molar-refractivity contribution < 1.29 is 13.5 Å². The predicted octanol–water partition coefficient (Wildman–Crippen LogP) is 1.24. The summed E-state index contributed by atoms with van der Waals surface area (Å²) in [6.45, 7) is 1.76. The van der Waals surface area contributed by atoms with E-state index in [9.17, 15) is 13.5 Å². The Morgan fingerprint density at radius 1 is 1.53 bits per heavy atom. The first-order valence-corrected chi connectivity index (χ1v) is 7.71. The number of aliphatic hydroxyl groups is 1. The molecule has 0 aliphatic carbocycles. The van der Waals surface area contributed by atoms with Crippen molar-refractivity contribution >= 4 is 21.4 Å². The lowest BCUT2D eigenvalue weighted by Gasteiger charge is -2.10. The summed E-state index contributed by atoms with van der Waals surface area (Å²) in [7, 11) is -1.29. The molecule has 98 valence electrons. The van der Waals surface area contributed by atoms with E-state index in [0.29, 0.717) is 29.3 Å². The van der Waals surface area contributed by atoms with Crippen LogP contribution in [0.15, 0.2) is 0 Å². The van der Waals surface area contributed by atoms with Crippen LogP contribution in [-0.4, -0.2) is 35.3 Å². The number of halogens is 1. The molecule has 1 heterocycles. The van der Waals surface area contributed by atoms with Crippen molar-refractivity contribution in [1.29, 1.82) is 0 Å². The first-order chi connectivity index (χ1) is 7.72. The quantitative estimate of drug-likeness (QED) is 0.881. The molecule has 7 heteroatoms. The van der Waals surface area contributed by atoms with Crippen molar-refractivity contribution in [3.8, 4) is 0 Å². The van der Waals surface area contributed by atoms with E-state index in [1.165, 1.54) is 10.9 Å². The van der Waals surface area contributed by atoms with Gasteiger partial charge in [-0.1, -0.05) is 11.6 Å². The fourth-order valence-corrected chi connectivity index (χ4v) is 2.70. The Kier molecular flexibility index (Phi) is 4.57. The third kappa shape index (κ3) is 3.97. The van der Waals surface area contributed by atoms with Gasteiger partial charge in [-0.05, 0) is 19.8 Å². The summed E-state index contributed by atoms with van der Waals surface area (Å²) in [4.78, 5) is 0. The lowest BCUT2D eigenvalue weighted by molar-refractivity contribution is 0.166. The number of sulfone groups is 1. The van der Waals surface area contributed by atoms with Gasteiger partial charge in [0.1, 0.15) is 15.0 Å². The highest BCUT2D eigenvalue weighted by atomic mass is 35.5. The van der Waals surface area contributed by atoms with Gasteiger partial charge < -0.3 is 5.11 Å². The van der Waals surface area contributed by atoms with Gasteiger partial charge in [0.2, 0.25) is 0 Å². The highest BCUT2D eigenvalue weighted by Gasteiger charge is 2.19. The molecule has 0 radical (unpaired) electrons. The average molecular weight is 281 g/mol. The molecule has 1 rings (SSSR count). The fraction of sp³-hybridized carbons (Fsp3) is 0.700.